The van der Waals surface area contributed by atoms with Gasteiger partial charge in [-0.15, -0.1) is 0 Å². The molecule has 2 atom stereocenters. The summed E-state index contributed by atoms with van der Waals surface area (Å²) >= 11 is 0. The molecule has 1 aromatic heterocycles. The second kappa shape index (κ2) is 8.88. The Kier molecular flexibility index (Phi) is 6.07. The molecule has 28 heavy (non-hydrogen) atoms. The van der Waals surface area contributed by atoms with Crippen molar-refractivity contribution in [2.45, 2.75) is 31.6 Å². The van der Waals surface area contributed by atoms with E-state index in [2.05, 4.69) is 52.0 Å². The average Bonchev–Trinajstić information content (AvgIpc) is 3.22. The molecule has 2 fully saturated rings. The van der Waals surface area contributed by atoms with Crippen LogP contribution < -0.4 is 10.5 Å². The highest BCUT2D eigenvalue weighted by Crippen LogP contribution is 2.27. The Morgan fingerprint density at radius 1 is 1.21 bits per heavy atom. The average molecular weight is 383 g/mol. The molecule has 3 heterocycles. The lowest BCUT2D eigenvalue weighted by atomic mass is 9.98. The number of anilines is 1. The number of hydrogen-bond donors (Lipinski definition) is 1. The molecule has 4 rings (SSSR count). The molecule has 2 aliphatic rings. The van der Waals surface area contributed by atoms with Crippen molar-refractivity contribution in [3.8, 4) is 0 Å². The van der Waals surface area contributed by atoms with E-state index in [1.54, 1.807) is 6.07 Å². The van der Waals surface area contributed by atoms with Crippen LogP contribution in [-0.4, -0.2) is 60.8 Å². The van der Waals surface area contributed by atoms with E-state index in [1.807, 2.05) is 0 Å². The molecular formula is C22H30N4O2. The number of likely N-dealkylation sites (tertiary alicyclic amines) is 1. The minimum absolute atomic E-state index is 0.0531. The highest BCUT2D eigenvalue weighted by Gasteiger charge is 2.26. The summed E-state index contributed by atoms with van der Waals surface area (Å²) in [5.74, 6) is 1.60. The zero-order chi connectivity index (χ0) is 19.3. The third kappa shape index (κ3) is 4.62. The lowest BCUT2D eigenvalue weighted by molar-refractivity contribution is 0.122. The van der Waals surface area contributed by atoms with Crippen molar-refractivity contribution >= 4 is 5.95 Å². The van der Waals surface area contributed by atoms with E-state index in [-0.39, 0.29) is 5.56 Å². The summed E-state index contributed by atoms with van der Waals surface area (Å²) < 4.78 is 5.41. The Bertz CT molecular complexity index is 817. The van der Waals surface area contributed by atoms with Gasteiger partial charge in [0, 0.05) is 31.6 Å². The maximum Gasteiger partial charge on any atom is 0.252 e. The fourth-order valence-corrected chi connectivity index (χ4v) is 4.20. The second-order valence-corrected chi connectivity index (χ2v) is 7.98. The van der Waals surface area contributed by atoms with Gasteiger partial charge < -0.3 is 14.5 Å². The highest BCUT2D eigenvalue weighted by molar-refractivity contribution is 5.32. The Labute approximate surface area is 166 Å². The summed E-state index contributed by atoms with van der Waals surface area (Å²) in [6, 6.07) is 12.4. The quantitative estimate of drug-likeness (QED) is 0.832. The molecule has 0 bridgehead atoms. The van der Waals surface area contributed by atoms with Crippen molar-refractivity contribution in [1.29, 1.82) is 0 Å². The van der Waals surface area contributed by atoms with Gasteiger partial charge in [0.2, 0.25) is 5.95 Å². The van der Waals surface area contributed by atoms with Gasteiger partial charge in [0.05, 0.1) is 18.9 Å². The van der Waals surface area contributed by atoms with Crippen LogP contribution in [0.5, 0.6) is 0 Å². The monoisotopic (exact) mass is 382 g/mol. The van der Waals surface area contributed by atoms with Crippen molar-refractivity contribution in [2.24, 2.45) is 0 Å². The van der Waals surface area contributed by atoms with Crippen molar-refractivity contribution in [2.75, 3.05) is 50.8 Å². The van der Waals surface area contributed by atoms with Crippen LogP contribution >= 0.6 is 0 Å². The van der Waals surface area contributed by atoms with Crippen LogP contribution in [0.1, 0.15) is 42.9 Å². The minimum atomic E-state index is -0.0531. The third-order valence-corrected chi connectivity index (χ3v) is 6.00. The van der Waals surface area contributed by atoms with Gasteiger partial charge in [-0.3, -0.25) is 9.78 Å². The lowest BCUT2D eigenvalue weighted by Crippen LogP contribution is -2.38. The van der Waals surface area contributed by atoms with E-state index in [4.69, 9.17) is 9.72 Å². The number of aromatic nitrogens is 2. The zero-order valence-electron chi connectivity index (χ0n) is 16.6. The minimum Gasteiger partial charge on any atom is -0.378 e. The van der Waals surface area contributed by atoms with Gasteiger partial charge in [0.25, 0.3) is 5.56 Å². The molecule has 0 saturated carbocycles. The van der Waals surface area contributed by atoms with E-state index in [1.165, 1.54) is 5.56 Å². The van der Waals surface area contributed by atoms with Crippen LogP contribution in [0.3, 0.4) is 0 Å². The van der Waals surface area contributed by atoms with E-state index in [0.29, 0.717) is 31.0 Å². The number of nitrogens with one attached hydrogen (secondary N) is 1. The van der Waals surface area contributed by atoms with Gasteiger partial charge in [-0.1, -0.05) is 37.3 Å². The van der Waals surface area contributed by atoms with Crippen LogP contribution in [0.15, 0.2) is 41.2 Å². The van der Waals surface area contributed by atoms with Gasteiger partial charge in [-0.2, -0.15) is 0 Å². The summed E-state index contributed by atoms with van der Waals surface area (Å²) in [5.41, 5.74) is 2.29. The summed E-state index contributed by atoms with van der Waals surface area (Å²) in [4.78, 5) is 24.5. The number of ether oxygens (including phenoxy) is 1. The number of aromatic amines is 1. The van der Waals surface area contributed by atoms with Crippen molar-refractivity contribution in [3.05, 3.63) is 58.0 Å². The van der Waals surface area contributed by atoms with Crippen molar-refractivity contribution in [3.63, 3.8) is 0 Å². The maximum absolute atomic E-state index is 12.2. The third-order valence-electron chi connectivity index (χ3n) is 6.00. The summed E-state index contributed by atoms with van der Waals surface area (Å²) in [7, 11) is 0. The Hall–Kier alpha value is -2.18. The van der Waals surface area contributed by atoms with E-state index < -0.39 is 0 Å². The SMILES string of the molecule is C[C@@H](CCN1CC[C@@H](c2cc(=O)[nH]c(N3CCOCC3)n2)C1)c1ccccc1. The number of benzene rings is 1. The summed E-state index contributed by atoms with van der Waals surface area (Å²) in [6.45, 7) is 8.38. The van der Waals surface area contributed by atoms with Crippen LogP contribution in [0, 0.1) is 0 Å². The molecular weight excluding hydrogens is 352 g/mol. The molecule has 0 amide bonds. The first-order chi connectivity index (χ1) is 13.7. The second-order valence-electron chi connectivity index (χ2n) is 7.98. The first-order valence-corrected chi connectivity index (χ1v) is 10.4. The molecule has 0 spiro atoms. The predicted octanol–water partition coefficient (Wildman–Crippen LogP) is 2.59. The fraction of sp³-hybridized carbons (Fsp3) is 0.545. The van der Waals surface area contributed by atoms with E-state index in [9.17, 15) is 4.79 Å². The number of hydrogen-bond acceptors (Lipinski definition) is 5. The maximum atomic E-state index is 12.2. The van der Waals surface area contributed by atoms with Crippen LogP contribution in [0.2, 0.25) is 0 Å². The topological polar surface area (TPSA) is 61.5 Å². The van der Waals surface area contributed by atoms with Crippen molar-refractivity contribution < 1.29 is 4.74 Å². The van der Waals surface area contributed by atoms with Gasteiger partial charge in [0.15, 0.2) is 0 Å². The standard InChI is InChI=1S/C22H30N4O2/c1-17(18-5-3-2-4-6-18)7-9-25-10-8-19(16-25)20-15-21(27)24-22(23-20)26-11-13-28-14-12-26/h2-6,15,17,19H,7-14,16H2,1H3,(H,23,24,27)/t17-,19+/m0/s1. The molecule has 2 aromatic rings. The molecule has 2 saturated heterocycles. The van der Waals surface area contributed by atoms with Crippen molar-refractivity contribution in [1.82, 2.24) is 14.9 Å². The van der Waals surface area contributed by atoms with E-state index in [0.717, 1.165) is 51.3 Å². The molecule has 6 nitrogen and oxygen atoms in total. The molecule has 1 N–H and O–H groups in total. The molecule has 6 heteroatoms. The molecule has 2 aliphatic heterocycles. The number of rotatable bonds is 6. The van der Waals surface area contributed by atoms with Gasteiger partial charge in [0.1, 0.15) is 0 Å². The largest absolute Gasteiger partial charge is 0.378 e. The fourth-order valence-electron chi connectivity index (χ4n) is 4.20. The van der Waals surface area contributed by atoms with Gasteiger partial charge in [-0.25, -0.2) is 4.98 Å². The van der Waals surface area contributed by atoms with Gasteiger partial charge >= 0.3 is 0 Å². The summed E-state index contributed by atoms with van der Waals surface area (Å²) in [5, 5.41) is 0. The summed E-state index contributed by atoms with van der Waals surface area (Å²) in [6.07, 6.45) is 2.22. The molecule has 150 valence electrons. The number of H-pyrrole nitrogens is 1. The van der Waals surface area contributed by atoms with Crippen LogP contribution in [0.4, 0.5) is 5.95 Å². The number of morpholine rings is 1. The first kappa shape index (κ1) is 19.2. The molecule has 0 unspecified atom stereocenters. The molecule has 1 aromatic carbocycles. The highest BCUT2D eigenvalue weighted by atomic mass is 16.5. The molecule has 0 radical (unpaired) electrons. The predicted molar refractivity (Wildman–Crippen MR) is 111 cm³/mol. The Morgan fingerprint density at radius 3 is 2.79 bits per heavy atom. The molecule has 0 aliphatic carbocycles. The normalized spacial score (nSPS) is 21.8. The van der Waals surface area contributed by atoms with Crippen LogP contribution in [0.25, 0.3) is 0 Å². The first-order valence-electron chi connectivity index (χ1n) is 10.4. The lowest BCUT2D eigenvalue weighted by Gasteiger charge is -2.27. The van der Waals surface area contributed by atoms with Crippen LogP contribution in [-0.2, 0) is 4.74 Å². The number of nitrogens with zero attached hydrogens (tertiary/aromatic N) is 3. The van der Waals surface area contributed by atoms with E-state index >= 15 is 0 Å². The Balaban J connectivity index is 1.36. The zero-order valence-corrected chi connectivity index (χ0v) is 16.6. The Morgan fingerprint density at radius 2 is 2.00 bits per heavy atom. The smallest absolute Gasteiger partial charge is 0.252 e. The van der Waals surface area contributed by atoms with Gasteiger partial charge in [-0.05, 0) is 37.4 Å².